The van der Waals surface area contributed by atoms with E-state index >= 15 is 0 Å². The van der Waals surface area contributed by atoms with E-state index in [9.17, 15) is 9.59 Å². The summed E-state index contributed by atoms with van der Waals surface area (Å²) in [6, 6.07) is 23.0. The molecular formula is C33H29Cl2N5O4. The summed E-state index contributed by atoms with van der Waals surface area (Å²) in [4.78, 5) is 32.1. The van der Waals surface area contributed by atoms with E-state index in [4.69, 9.17) is 32.7 Å². The van der Waals surface area contributed by atoms with Crippen LogP contribution in [0.4, 0.5) is 0 Å². The maximum Gasteiger partial charge on any atom is 0.254 e. The maximum atomic E-state index is 13.8. The summed E-state index contributed by atoms with van der Waals surface area (Å²) in [7, 11) is 0. The zero-order chi connectivity index (χ0) is 30.5. The van der Waals surface area contributed by atoms with E-state index in [1.165, 1.54) is 21.6 Å². The first kappa shape index (κ1) is 29.7. The third-order valence-electron chi connectivity index (χ3n) is 7.53. The highest BCUT2D eigenvalue weighted by Crippen LogP contribution is 2.28. The number of ether oxygens (including phenoxy) is 2. The fourth-order valence-electron chi connectivity index (χ4n) is 5.26. The largest absolute Gasteiger partial charge is 0.490 e. The first-order valence-electron chi connectivity index (χ1n) is 14.3. The van der Waals surface area contributed by atoms with Crippen LogP contribution in [0, 0.1) is 0 Å². The molecule has 1 aliphatic heterocycles. The number of halogens is 2. The smallest absolute Gasteiger partial charge is 0.254 e. The summed E-state index contributed by atoms with van der Waals surface area (Å²) in [6.07, 6.45) is 5.30. The Hall–Kier alpha value is -4.31. The Balaban J connectivity index is 1.27. The van der Waals surface area contributed by atoms with E-state index in [-0.39, 0.29) is 29.0 Å². The Bertz CT molecular complexity index is 1800. The SMILES string of the molecule is O=C(Cc1ccc(OC2CCOCC2)cc1)[C@H](Cc1ccccc1)n1cnc(-c2cc(Cl)ccc2-n2cc(Cl)nn2)cc1=O. The molecule has 5 aromatic rings. The highest BCUT2D eigenvalue weighted by molar-refractivity contribution is 6.31. The second-order valence-corrected chi connectivity index (χ2v) is 11.4. The lowest BCUT2D eigenvalue weighted by Crippen LogP contribution is -2.32. The number of carbonyl (C=O) groups is 1. The van der Waals surface area contributed by atoms with Crippen LogP contribution < -0.4 is 10.3 Å². The summed E-state index contributed by atoms with van der Waals surface area (Å²) < 4.78 is 14.4. The molecule has 2 aromatic heterocycles. The van der Waals surface area contributed by atoms with Gasteiger partial charge < -0.3 is 9.47 Å². The highest BCUT2D eigenvalue weighted by atomic mass is 35.5. The van der Waals surface area contributed by atoms with Crippen molar-refractivity contribution in [2.24, 2.45) is 0 Å². The number of benzene rings is 3. The molecule has 1 aliphatic rings. The van der Waals surface area contributed by atoms with Gasteiger partial charge in [0.05, 0.1) is 37.1 Å². The average molecular weight is 631 g/mol. The van der Waals surface area contributed by atoms with Crippen molar-refractivity contribution in [2.45, 2.75) is 37.8 Å². The van der Waals surface area contributed by atoms with Gasteiger partial charge in [-0.2, -0.15) is 0 Å². The summed E-state index contributed by atoms with van der Waals surface area (Å²) in [6.45, 7) is 1.40. The lowest BCUT2D eigenvalue weighted by molar-refractivity contribution is -0.121. The van der Waals surface area contributed by atoms with E-state index in [0.717, 1.165) is 29.7 Å². The summed E-state index contributed by atoms with van der Waals surface area (Å²) in [5, 5.41) is 8.56. The number of hydrogen-bond donors (Lipinski definition) is 0. The summed E-state index contributed by atoms with van der Waals surface area (Å²) >= 11 is 12.3. The fraction of sp³-hybridized carbons (Fsp3) is 0.242. The van der Waals surface area contributed by atoms with Crippen LogP contribution in [0.3, 0.4) is 0 Å². The Morgan fingerprint density at radius 3 is 2.45 bits per heavy atom. The normalized spacial score (nSPS) is 14.3. The van der Waals surface area contributed by atoms with Gasteiger partial charge in [0.1, 0.15) is 17.9 Å². The first-order chi connectivity index (χ1) is 21.4. The number of aromatic nitrogens is 5. The van der Waals surface area contributed by atoms with Crippen molar-refractivity contribution < 1.29 is 14.3 Å². The summed E-state index contributed by atoms with van der Waals surface area (Å²) in [5.74, 6) is 0.655. The molecule has 1 atom stereocenters. The van der Waals surface area contributed by atoms with Crippen LogP contribution in [0.15, 0.2) is 96.2 Å². The van der Waals surface area contributed by atoms with Crippen molar-refractivity contribution in [3.8, 4) is 22.7 Å². The molecule has 0 bridgehead atoms. The Morgan fingerprint density at radius 2 is 1.75 bits per heavy atom. The van der Waals surface area contributed by atoms with Gasteiger partial charge in [0.25, 0.3) is 5.56 Å². The number of ketones is 1. The van der Waals surface area contributed by atoms with Crippen LogP contribution in [-0.4, -0.2) is 49.6 Å². The monoisotopic (exact) mass is 629 g/mol. The molecule has 0 saturated carbocycles. The number of carbonyl (C=O) groups excluding carboxylic acids is 1. The second kappa shape index (κ2) is 13.5. The zero-order valence-corrected chi connectivity index (χ0v) is 25.2. The van der Waals surface area contributed by atoms with Gasteiger partial charge in [0.15, 0.2) is 10.9 Å². The number of hydrogen-bond acceptors (Lipinski definition) is 7. The molecule has 6 rings (SSSR count). The molecule has 0 amide bonds. The van der Waals surface area contributed by atoms with Gasteiger partial charge in [-0.05, 0) is 41.5 Å². The molecule has 9 nitrogen and oxygen atoms in total. The minimum Gasteiger partial charge on any atom is -0.490 e. The zero-order valence-electron chi connectivity index (χ0n) is 23.7. The van der Waals surface area contributed by atoms with E-state index in [2.05, 4.69) is 15.3 Å². The third-order valence-corrected chi connectivity index (χ3v) is 7.94. The lowest BCUT2D eigenvalue weighted by Gasteiger charge is -2.23. The van der Waals surface area contributed by atoms with Crippen molar-refractivity contribution in [1.82, 2.24) is 24.5 Å². The minimum atomic E-state index is -0.766. The van der Waals surface area contributed by atoms with E-state index in [1.807, 2.05) is 54.6 Å². The van der Waals surface area contributed by atoms with Gasteiger partial charge in [-0.1, -0.05) is 70.9 Å². The topological polar surface area (TPSA) is 101 Å². The Labute approximate surface area is 264 Å². The molecule has 0 N–H and O–H groups in total. The van der Waals surface area contributed by atoms with Gasteiger partial charge in [0, 0.05) is 42.3 Å². The standard InChI is InChI=1S/C33H29Cl2N5O4/c34-24-8-11-29(40-20-32(35)37-38-40)27(18-24)28-19-33(42)39(21-36-28)30(16-22-4-2-1-3-5-22)31(41)17-23-6-9-25(10-7-23)44-26-12-14-43-15-13-26/h1-11,18-21,26,30H,12-17H2/t30-/m0/s1. The van der Waals surface area contributed by atoms with Crippen LogP contribution in [0.25, 0.3) is 16.9 Å². The molecule has 3 heterocycles. The predicted molar refractivity (Wildman–Crippen MR) is 168 cm³/mol. The molecule has 0 radical (unpaired) electrons. The maximum absolute atomic E-state index is 13.8. The number of nitrogens with zero attached hydrogens (tertiary/aromatic N) is 5. The van der Waals surface area contributed by atoms with E-state index < -0.39 is 6.04 Å². The molecule has 11 heteroatoms. The van der Waals surface area contributed by atoms with Crippen molar-refractivity contribution in [3.63, 3.8) is 0 Å². The molecule has 0 aliphatic carbocycles. The molecule has 44 heavy (non-hydrogen) atoms. The fourth-order valence-corrected chi connectivity index (χ4v) is 5.56. The highest BCUT2D eigenvalue weighted by Gasteiger charge is 2.24. The second-order valence-electron chi connectivity index (χ2n) is 10.6. The first-order valence-corrected chi connectivity index (χ1v) is 15.0. The van der Waals surface area contributed by atoms with E-state index in [1.54, 1.807) is 24.4 Å². The van der Waals surface area contributed by atoms with Crippen molar-refractivity contribution >= 4 is 29.0 Å². The van der Waals surface area contributed by atoms with Crippen molar-refractivity contribution in [3.05, 3.63) is 123 Å². The van der Waals surface area contributed by atoms with Crippen LogP contribution in [0.5, 0.6) is 5.75 Å². The van der Waals surface area contributed by atoms with Crippen LogP contribution >= 0.6 is 23.2 Å². The van der Waals surface area contributed by atoms with Gasteiger partial charge in [-0.25, -0.2) is 9.67 Å². The number of rotatable bonds is 10. The van der Waals surface area contributed by atoms with Gasteiger partial charge >= 0.3 is 0 Å². The lowest BCUT2D eigenvalue weighted by atomic mass is 9.97. The van der Waals surface area contributed by atoms with Crippen LogP contribution in [-0.2, 0) is 22.4 Å². The van der Waals surface area contributed by atoms with Gasteiger partial charge in [0.2, 0.25) is 0 Å². The molecule has 224 valence electrons. The van der Waals surface area contributed by atoms with Crippen LogP contribution in [0.2, 0.25) is 10.2 Å². The minimum absolute atomic E-state index is 0.107. The molecule has 0 unspecified atom stereocenters. The van der Waals surface area contributed by atoms with Gasteiger partial charge in [-0.15, -0.1) is 5.10 Å². The molecule has 0 spiro atoms. The Kier molecular flexibility index (Phi) is 9.16. The quantitative estimate of drug-likeness (QED) is 0.188. The predicted octanol–water partition coefficient (Wildman–Crippen LogP) is 5.95. The van der Waals surface area contributed by atoms with Gasteiger partial charge in [-0.3, -0.25) is 14.2 Å². The molecular weight excluding hydrogens is 601 g/mol. The number of Topliss-reactive ketones (excluding diaryl/α,β-unsaturated/α-hetero) is 1. The molecule has 3 aromatic carbocycles. The molecule has 1 saturated heterocycles. The van der Waals surface area contributed by atoms with Crippen LogP contribution in [0.1, 0.15) is 30.0 Å². The molecule has 1 fully saturated rings. The average Bonchev–Trinajstić information content (AvgIpc) is 3.48. The summed E-state index contributed by atoms with van der Waals surface area (Å²) in [5.41, 5.74) is 2.94. The van der Waals surface area contributed by atoms with Crippen molar-refractivity contribution in [2.75, 3.05) is 13.2 Å². The third kappa shape index (κ3) is 7.07. The van der Waals surface area contributed by atoms with Crippen molar-refractivity contribution in [1.29, 1.82) is 0 Å². The Morgan fingerprint density at radius 1 is 0.977 bits per heavy atom. The van der Waals surface area contributed by atoms with E-state index in [0.29, 0.717) is 41.6 Å².